The van der Waals surface area contributed by atoms with Crippen LogP contribution in [0.2, 0.25) is 0 Å². The third kappa shape index (κ3) is 3.45. The van der Waals surface area contributed by atoms with E-state index in [0.29, 0.717) is 5.56 Å². The minimum Gasteiger partial charge on any atom is -0.282 e. The average Bonchev–Trinajstić information content (AvgIpc) is 2.04. The van der Waals surface area contributed by atoms with Crippen molar-refractivity contribution in [3.05, 3.63) is 23.8 Å². The van der Waals surface area contributed by atoms with Gasteiger partial charge in [-0.15, -0.1) is 4.72 Å². The first-order chi connectivity index (χ1) is 7.09. The van der Waals surface area contributed by atoms with Gasteiger partial charge in [-0.1, -0.05) is 6.07 Å². The number of aryl methyl sites for hydroxylation is 1. The zero-order chi connectivity index (χ0) is 12.6. The highest BCUT2D eigenvalue weighted by molar-refractivity contribution is 7.86. The van der Waals surface area contributed by atoms with Crippen molar-refractivity contribution in [2.24, 2.45) is 0 Å². The van der Waals surface area contributed by atoms with Gasteiger partial charge in [-0.05, 0) is 24.6 Å². The highest BCUT2D eigenvalue weighted by Crippen LogP contribution is 2.23. The van der Waals surface area contributed by atoms with Crippen LogP contribution in [-0.2, 0) is 20.4 Å². The van der Waals surface area contributed by atoms with E-state index < -0.39 is 31.0 Å². The average molecular weight is 266 g/mol. The Morgan fingerprint density at radius 3 is 2.12 bits per heavy atom. The lowest BCUT2D eigenvalue weighted by Crippen LogP contribution is -2.12. The fraction of sp³-hybridized carbons (Fsp3) is 0.143. The molecule has 89 valence electrons. The molecule has 0 aliphatic carbocycles. The number of benzene rings is 1. The molecule has 0 aliphatic rings. The Morgan fingerprint density at radius 1 is 1.12 bits per heavy atom. The first-order valence-electron chi connectivity index (χ1n) is 3.88. The van der Waals surface area contributed by atoms with Gasteiger partial charge in [0.1, 0.15) is 4.90 Å². The van der Waals surface area contributed by atoms with E-state index in [2.05, 4.69) is 4.72 Å². The van der Waals surface area contributed by atoms with Crippen molar-refractivity contribution in [1.29, 1.82) is 0 Å². The Hall–Kier alpha value is -1.16. The van der Waals surface area contributed by atoms with Crippen LogP contribution in [0.1, 0.15) is 5.56 Å². The van der Waals surface area contributed by atoms with Crippen molar-refractivity contribution in [2.75, 3.05) is 0 Å². The molecule has 0 unspecified atom stereocenters. The van der Waals surface area contributed by atoms with Gasteiger partial charge in [0.15, 0.2) is 0 Å². The molecule has 9 heteroatoms. The molecule has 0 bridgehead atoms. The van der Waals surface area contributed by atoms with Crippen LogP contribution in [-0.4, -0.2) is 25.9 Å². The van der Waals surface area contributed by atoms with Gasteiger partial charge in [0, 0.05) is 0 Å². The Morgan fingerprint density at radius 2 is 1.69 bits per heavy atom. The summed E-state index contributed by atoms with van der Waals surface area (Å²) in [5, 5.41) is 0. The molecule has 0 heterocycles. The molecule has 1 radical (unpaired) electrons. The molecular formula is C7H8NO6S2. The van der Waals surface area contributed by atoms with E-state index in [-0.39, 0.29) is 0 Å². The van der Waals surface area contributed by atoms with E-state index in [9.17, 15) is 16.8 Å². The van der Waals surface area contributed by atoms with E-state index in [1.54, 1.807) is 6.92 Å². The van der Waals surface area contributed by atoms with E-state index in [4.69, 9.17) is 9.11 Å². The third-order valence-corrected chi connectivity index (χ3v) is 2.92. The number of hydrogen-bond acceptors (Lipinski definition) is 4. The van der Waals surface area contributed by atoms with Crippen molar-refractivity contribution >= 4 is 26.1 Å². The second-order valence-corrected chi connectivity index (χ2v) is 5.45. The number of rotatable bonds is 3. The van der Waals surface area contributed by atoms with Crippen LogP contribution < -0.4 is 4.72 Å². The highest BCUT2D eigenvalue weighted by Gasteiger charge is 2.20. The van der Waals surface area contributed by atoms with Crippen LogP contribution in [0.5, 0.6) is 0 Å². The summed E-state index contributed by atoms with van der Waals surface area (Å²) < 4.78 is 62.9. The van der Waals surface area contributed by atoms with Crippen LogP contribution in [0.25, 0.3) is 0 Å². The molecule has 1 aromatic carbocycles. The minimum absolute atomic E-state index is 0.488. The van der Waals surface area contributed by atoms with E-state index >= 15 is 0 Å². The molecular weight excluding hydrogens is 258 g/mol. The molecule has 16 heavy (non-hydrogen) atoms. The van der Waals surface area contributed by atoms with Crippen LogP contribution in [0.15, 0.2) is 23.1 Å². The molecule has 0 aliphatic heterocycles. The van der Waals surface area contributed by atoms with Crippen LogP contribution in [0, 0.1) is 6.92 Å². The van der Waals surface area contributed by atoms with E-state index in [1.807, 2.05) is 0 Å². The molecule has 0 spiro atoms. The summed E-state index contributed by atoms with van der Waals surface area (Å²) >= 11 is 0. The van der Waals surface area contributed by atoms with E-state index in [1.165, 1.54) is 6.07 Å². The molecule has 1 rings (SSSR count). The molecule has 0 aromatic heterocycles. The van der Waals surface area contributed by atoms with Gasteiger partial charge in [-0.3, -0.25) is 9.11 Å². The van der Waals surface area contributed by atoms with Crippen molar-refractivity contribution in [3.8, 4) is 0 Å². The lowest BCUT2D eigenvalue weighted by atomic mass is 10.2. The standard InChI is InChI=1S/C7H8NO6S2/c1-5-2-3-6(8-16(12,13)14)7(4-5)15(9,10)11/h2-4H,1H3,(H,9,10,11)(H,12,13,14). The molecule has 0 fully saturated rings. The number of hydrogen-bond donors (Lipinski definition) is 2. The van der Waals surface area contributed by atoms with Gasteiger partial charge in [0.25, 0.3) is 10.1 Å². The SMILES string of the molecule is Cc1ccc([N]S(=O)(=O)O)c(S(=O)(=O)O)c1. The first kappa shape index (κ1) is 12.9. The van der Waals surface area contributed by atoms with E-state index in [0.717, 1.165) is 12.1 Å². The normalized spacial score (nSPS) is 12.4. The topological polar surface area (TPSA) is 123 Å². The minimum atomic E-state index is -4.72. The Balaban J connectivity index is 3.41. The Kier molecular flexibility index (Phi) is 3.24. The summed E-state index contributed by atoms with van der Waals surface area (Å²) in [6.07, 6.45) is 0. The lowest BCUT2D eigenvalue weighted by Gasteiger charge is -2.05. The maximum Gasteiger partial charge on any atom is 0.378 e. The summed E-state index contributed by atoms with van der Waals surface area (Å²) in [5.74, 6) is 0. The molecule has 0 amide bonds. The largest absolute Gasteiger partial charge is 0.378 e. The summed E-state index contributed by atoms with van der Waals surface area (Å²) in [6.45, 7) is 1.55. The third-order valence-electron chi connectivity index (χ3n) is 1.61. The van der Waals surface area contributed by atoms with Gasteiger partial charge in [0.2, 0.25) is 0 Å². The second-order valence-electron chi connectivity index (χ2n) is 2.99. The van der Waals surface area contributed by atoms with Gasteiger partial charge in [0.05, 0.1) is 5.69 Å². The predicted octanol–water partition coefficient (Wildman–Crippen LogP) is 0.280. The highest BCUT2D eigenvalue weighted by atomic mass is 32.2. The fourth-order valence-electron chi connectivity index (χ4n) is 1.03. The Bertz CT molecular complexity index is 604. The summed E-state index contributed by atoms with van der Waals surface area (Å²) in [4.78, 5) is -0.676. The van der Waals surface area contributed by atoms with Gasteiger partial charge >= 0.3 is 10.3 Å². The molecule has 7 nitrogen and oxygen atoms in total. The van der Waals surface area contributed by atoms with Crippen molar-refractivity contribution in [3.63, 3.8) is 0 Å². The van der Waals surface area contributed by atoms with Crippen LogP contribution in [0.3, 0.4) is 0 Å². The first-order valence-corrected chi connectivity index (χ1v) is 6.72. The van der Waals surface area contributed by atoms with Crippen molar-refractivity contribution in [1.82, 2.24) is 4.72 Å². The molecule has 0 saturated heterocycles. The van der Waals surface area contributed by atoms with Gasteiger partial charge < -0.3 is 0 Å². The second kappa shape index (κ2) is 4.01. The maximum atomic E-state index is 10.9. The molecule has 0 atom stereocenters. The summed E-state index contributed by atoms with van der Waals surface area (Å²) in [7, 11) is -9.32. The lowest BCUT2D eigenvalue weighted by molar-refractivity contribution is 0.474. The van der Waals surface area contributed by atoms with Crippen molar-refractivity contribution in [2.45, 2.75) is 11.8 Å². The summed E-state index contributed by atoms with van der Waals surface area (Å²) in [6, 6.07) is 3.49. The van der Waals surface area contributed by atoms with Gasteiger partial charge in [-0.2, -0.15) is 16.8 Å². The van der Waals surface area contributed by atoms with Crippen LogP contribution in [0.4, 0.5) is 5.69 Å². The monoisotopic (exact) mass is 266 g/mol. The zero-order valence-corrected chi connectivity index (χ0v) is 9.66. The quantitative estimate of drug-likeness (QED) is 0.757. The van der Waals surface area contributed by atoms with Crippen LogP contribution >= 0.6 is 0 Å². The maximum absolute atomic E-state index is 10.9. The van der Waals surface area contributed by atoms with Gasteiger partial charge in [-0.25, -0.2) is 0 Å². The zero-order valence-electron chi connectivity index (χ0n) is 8.02. The smallest absolute Gasteiger partial charge is 0.282 e. The Labute approximate surface area is 92.7 Å². The number of nitrogens with zero attached hydrogens (tertiary/aromatic N) is 1. The van der Waals surface area contributed by atoms with Crippen molar-refractivity contribution < 1.29 is 25.9 Å². The predicted molar refractivity (Wildman–Crippen MR) is 54.3 cm³/mol. The molecule has 1 aromatic rings. The summed E-state index contributed by atoms with van der Waals surface area (Å²) in [5.41, 5.74) is -0.0579. The fourth-order valence-corrected chi connectivity index (χ4v) is 2.21. The molecule has 0 saturated carbocycles. The molecule has 2 N–H and O–H groups in total.